The van der Waals surface area contributed by atoms with E-state index in [1.54, 1.807) is 6.20 Å². The number of alkyl halides is 3. The van der Waals surface area contributed by atoms with Crippen molar-refractivity contribution >= 4 is 29.9 Å². The van der Waals surface area contributed by atoms with Crippen LogP contribution in [-0.4, -0.2) is 63.0 Å². The number of hydrogen-bond acceptors (Lipinski definition) is 6. The van der Waals surface area contributed by atoms with Gasteiger partial charge in [0.2, 0.25) is 5.91 Å². The number of imidazole rings is 1. The fraction of sp³-hybridized carbons (Fsp3) is 0.481. The molecule has 0 unspecified atom stereocenters. The number of piperidine rings is 1. The van der Waals surface area contributed by atoms with Gasteiger partial charge in [0.1, 0.15) is 29.6 Å². The molecule has 0 atom stereocenters. The summed E-state index contributed by atoms with van der Waals surface area (Å²) in [5.41, 5.74) is 0.128. The van der Waals surface area contributed by atoms with Gasteiger partial charge in [-0.1, -0.05) is 0 Å². The first kappa shape index (κ1) is 29.7. The Hall–Kier alpha value is -3.25. The fourth-order valence-electron chi connectivity index (χ4n) is 5.13. The smallest absolute Gasteiger partial charge is 0.356 e. The largest absolute Gasteiger partial charge is 0.419 e. The van der Waals surface area contributed by atoms with E-state index in [0.717, 1.165) is 48.7 Å². The third-order valence-electron chi connectivity index (χ3n) is 7.63. The van der Waals surface area contributed by atoms with Gasteiger partial charge < -0.3 is 19.7 Å². The van der Waals surface area contributed by atoms with Crippen LogP contribution in [0.2, 0.25) is 0 Å². The average Bonchev–Trinajstić information content (AvgIpc) is 3.49. The second-order valence-electron chi connectivity index (χ2n) is 10.5. The Bertz CT molecular complexity index is 1370. The number of nitrogens with one attached hydrogen (secondary N) is 1. The Morgan fingerprint density at radius 3 is 2.58 bits per heavy atom. The maximum atomic E-state index is 13.9. The second kappa shape index (κ2) is 11.7. The predicted molar refractivity (Wildman–Crippen MR) is 146 cm³/mol. The van der Waals surface area contributed by atoms with Crippen LogP contribution in [0.1, 0.15) is 49.6 Å². The molecule has 1 aromatic carbocycles. The average molecular weight is 582 g/mol. The van der Waals surface area contributed by atoms with Crippen molar-refractivity contribution in [1.29, 1.82) is 0 Å². The molecule has 0 spiro atoms. The lowest BCUT2D eigenvalue weighted by atomic mass is 9.95. The van der Waals surface area contributed by atoms with E-state index in [2.05, 4.69) is 38.9 Å². The van der Waals surface area contributed by atoms with Gasteiger partial charge >= 0.3 is 6.18 Å². The molecule has 13 heteroatoms. The van der Waals surface area contributed by atoms with Gasteiger partial charge in [-0.2, -0.15) is 13.2 Å². The lowest BCUT2D eigenvalue weighted by Gasteiger charge is -2.33. The van der Waals surface area contributed by atoms with Crippen molar-refractivity contribution in [2.75, 3.05) is 36.9 Å². The number of nitrogens with zero attached hydrogens (tertiary/aromatic N) is 6. The quantitative estimate of drug-likeness (QED) is 0.389. The molecule has 0 saturated carbocycles. The molecule has 2 aliphatic heterocycles. The molecule has 1 amide bonds. The van der Waals surface area contributed by atoms with Gasteiger partial charge in [0.05, 0.1) is 17.7 Å². The third-order valence-corrected chi connectivity index (χ3v) is 7.63. The fourth-order valence-corrected chi connectivity index (χ4v) is 5.13. The van der Waals surface area contributed by atoms with Crippen molar-refractivity contribution in [2.24, 2.45) is 0 Å². The second-order valence-corrected chi connectivity index (χ2v) is 10.5. The highest BCUT2D eigenvalue weighted by Gasteiger charge is 2.35. The van der Waals surface area contributed by atoms with E-state index in [1.165, 1.54) is 12.4 Å². The van der Waals surface area contributed by atoms with Gasteiger partial charge in [0.25, 0.3) is 0 Å². The van der Waals surface area contributed by atoms with E-state index < -0.39 is 17.6 Å². The predicted octanol–water partition coefficient (Wildman–Crippen LogP) is 5.14. The SMILES string of the molecule is CC(C)N(C)CCn1cc(-c2ccc(F)c(C(F)(F)F)c2)nc1C1CCN(c2ncnc3c2CC(=O)N3)CC1.Cl. The van der Waals surface area contributed by atoms with Crippen LogP contribution < -0.4 is 10.2 Å². The van der Waals surface area contributed by atoms with Gasteiger partial charge in [0.15, 0.2) is 0 Å². The number of carbonyl (C=O) groups is 1. The van der Waals surface area contributed by atoms with E-state index >= 15 is 0 Å². The molecule has 5 rings (SSSR count). The monoisotopic (exact) mass is 581 g/mol. The molecule has 2 aromatic heterocycles. The lowest BCUT2D eigenvalue weighted by Crippen LogP contribution is -2.35. The van der Waals surface area contributed by atoms with Crippen LogP contribution in [0.15, 0.2) is 30.7 Å². The van der Waals surface area contributed by atoms with Crippen molar-refractivity contribution in [3.05, 3.63) is 53.5 Å². The van der Waals surface area contributed by atoms with E-state index in [-0.39, 0.29) is 36.2 Å². The summed E-state index contributed by atoms with van der Waals surface area (Å²) in [6.45, 7) is 6.93. The van der Waals surface area contributed by atoms with E-state index in [1.807, 2.05) is 11.6 Å². The van der Waals surface area contributed by atoms with Gasteiger partial charge in [-0.25, -0.2) is 19.3 Å². The molecule has 40 heavy (non-hydrogen) atoms. The highest BCUT2D eigenvalue weighted by atomic mass is 35.5. The Balaban J connectivity index is 0.00000370. The van der Waals surface area contributed by atoms with Crippen LogP contribution in [0, 0.1) is 5.82 Å². The number of anilines is 2. The topological polar surface area (TPSA) is 79.2 Å². The van der Waals surface area contributed by atoms with Gasteiger partial charge in [-0.05, 0) is 51.9 Å². The minimum atomic E-state index is -4.79. The zero-order valence-corrected chi connectivity index (χ0v) is 23.3. The first-order valence-corrected chi connectivity index (χ1v) is 13.0. The van der Waals surface area contributed by atoms with Gasteiger partial charge in [-0.3, -0.25) is 4.79 Å². The van der Waals surface area contributed by atoms with Crippen molar-refractivity contribution in [2.45, 2.75) is 57.8 Å². The number of amides is 1. The summed E-state index contributed by atoms with van der Waals surface area (Å²) in [5, 5.41) is 2.76. The Kier molecular flexibility index (Phi) is 8.69. The van der Waals surface area contributed by atoms with Crippen LogP contribution in [0.3, 0.4) is 0 Å². The molecule has 3 aromatic rings. The standard InChI is InChI=1S/C27H31F4N7O.ClH/c1-16(2)36(3)10-11-38-14-22(18-4-5-21(28)20(12-18)27(29,30)31)34-25(38)17-6-8-37(9-7-17)26-19-13-23(39)35-24(19)32-15-33-26;/h4-5,12,14-17H,6-11,13H2,1-3H3,(H,32,33,35,39);1H. The molecule has 4 heterocycles. The Morgan fingerprint density at radius 1 is 1.18 bits per heavy atom. The maximum Gasteiger partial charge on any atom is 0.419 e. The minimum Gasteiger partial charge on any atom is -0.356 e. The van der Waals surface area contributed by atoms with Crippen molar-refractivity contribution < 1.29 is 22.4 Å². The summed E-state index contributed by atoms with van der Waals surface area (Å²) in [5.74, 6) is 0.799. The number of halogens is 5. The molecule has 1 saturated heterocycles. The summed E-state index contributed by atoms with van der Waals surface area (Å²) in [6, 6.07) is 3.36. The first-order valence-electron chi connectivity index (χ1n) is 13.0. The summed E-state index contributed by atoms with van der Waals surface area (Å²) in [6.07, 6.45) is 0.202. The van der Waals surface area contributed by atoms with E-state index in [9.17, 15) is 22.4 Å². The molecular formula is C27H32ClF4N7O. The molecule has 0 radical (unpaired) electrons. The number of likely N-dealkylation sites (N-methyl/N-ethyl adjacent to an activating group) is 1. The van der Waals surface area contributed by atoms with Crippen LogP contribution in [0.5, 0.6) is 0 Å². The number of carbonyl (C=O) groups excluding carboxylic acids is 1. The number of benzene rings is 1. The lowest BCUT2D eigenvalue weighted by molar-refractivity contribution is -0.140. The number of rotatable bonds is 7. The molecule has 0 aliphatic carbocycles. The zero-order chi connectivity index (χ0) is 27.9. The van der Waals surface area contributed by atoms with Crippen LogP contribution >= 0.6 is 12.4 Å². The summed E-state index contributed by atoms with van der Waals surface area (Å²) in [7, 11) is 2.02. The zero-order valence-electron chi connectivity index (χ0n) is 22.5. The number of aromatic nitrogens is 4. The van der Waals surface area contributed by atoms with Crippen LogP contribution in [0.25, 0.3) is 11.3 Å². The molecular weight excluding hydrogens is 550 g/mol. The van der Waals surface area contributed by atoms with E-state index in [0.29, 0.717) is 37.2 Å². The third kappa shape index (κ3) is 6.07. The minimum absolute atomic E-state index is 0. The van der Waals surface area contributed by atoms with Gasteiger partial charge in [0, 0.05) is 55.5 Å². The molecule has 216 valence electrons. The first-order chi connectivity index (χ1) is 18.5. The highest BCUT2D eigenvalue weighted by Crippen LogP contribution is 2.37. The van der Waals surface area contributed by atoms with Crippen molar-refractivity contribution in [3.8, 4) is 11.3 Å². The summed E-state index contributed by atoms with van der Waals surface area (Å²) < 4.78 is 56.1. The summed E-state index contributed by atoms with van der Waals surface area (Å²) >= 11 is 0. The van der Waals surface area contributed by atoms with Gasteiger partial charge in [-0.15, -0.1) is 12.4 Å². The molecule has 1 fully saturated rings. The molecule has 8 nitrogen and oxygen atoms in total. The Morgan fingerprint density at radius 2 is 1.90 bits per heavy atom. The number of fused-ring (bicyclic) bond motifs is 1. The van der Waals surface area contributed by atoms with Crippen LogP contribution in [-0.2, 0) is 23.9 Å². The summed E-state index contributed by atoms with van der Waals surface area (Å²) in [4.78, 5) is 29.6. The maximum absolute atomic E-state index is 13.9. The Labute approximate surface area is 236 Å². The highest BCUT2D eigenvalue weighted by molar-refractivity contribution is 5.99. The van der Waals surface area contributed by atoms with E-state index in [4.69, 9.17) is 4.98 Å². The van der Waals surface area contributed by atoms with Crippen molar-refractivity contribution in [3.63, 3.8) is 0 Å². The van der Waals surface area contributed by atoms with Crippen LogP contribution in [0.4, 0.5) is 29.2 Å². The van der Waals surface area contributed by atoms with Crippen molar-refractivity contribution in [1.82, 2.24) is 24.4 Å². The molecule has 0 bridgehead atoms. The number of hydrogen-bond donors (Lipinski definition) is 1. The molecule has 2 aliphatic rings. The molecule has 1 N–H and O–H groups in total. The normalized spacial score (nSPS) is 15.9.